The van der Waals surface area contributed by atoms with Crippen LogP contribution in [0.3, 0.4) is 0 Å². The number of hydrogen-bond acceptors (Lipinski definition) is 4. The van der Waals surface area contributed by atoms with Crippen LogP contribution in [0.5, 0.6) is 0 Å². The van der Waals surface area contributed by atoms with Crippen LogP contribution >= 0.6 is 0 Å². The smallest absolute Gasteiger partial charge is 0.253 e. The van der Waals surface area contributed by atoms with Crippen molar-refractivity contribution >= 4 is 21.8 Å². The van der Waals surface area contributed by atoms with Crippen LogP contribution in [0.25, 0.3) is 0 Å². The molecule has 0 atom stereocenters. The first-order chi connectivity index (χ1) is 11.1. The van der Waals surface area contributed by atoms with Gasteiger partial charge in [-0.05, 0) is 31.4 Å². The average molecular weight is 355 g/mol. The maximum Gasteiger partial charge on any atom is 0.253 e. The highest BCUT2D eigenvalue weighted by molar-refractivity contribution is 7.89. The second-order valence-electron chi connectivity index (χ2n) is 6.10. The Labute approximate surface area is 143 Å². The number of likely N-dealkylation sites (N-methyl/N-ethyl adjacent to an activating group) is 1. The number of carbonyl (C=O) groups excluding carboxylic acids is 2. The van der Waals surface area contributed by atoms with Crippen LogP contribution in [0, 0.1) is 12.8 Å². The first-order valence-electron chi connectivity index (χ1n) is 7.73. The molecular weight excluding hydrogens is 330 g/mol. The van der Waals surface area contributed by atoms with Gasteiger partial charge in [-0.15, -0.1) is 0 Å². The minimum absolute atomic E-state index is 0.115. The fraction of sp³-hybridized carbons (Fsp3) is 0.500. The number of amides is 2. The molecule has 2 amide bonds. The van der Waals surface area contributed by atoms with Crippen molar-refractivity contribution in [2.75, 3.05) is 13.6 Å². The summed E-state index contributed by atoms with van der Waals surface area (Å²) < 4.78 is 25.6. The molecule has 0 unspecified atom stereocenters. The first kappa shape index (κ1) is 20.1. The number of nitrogens with one attached hydrogen (secondary N) is 2. The van der Waals surface area contributed by atoms with E-state index < -0.39 is 15.9 Å². The number of rotatable bonds is 7. The van der Waals surface area contributed by atoms with E-state index in [1.807, 2.05) is 20.8 Å². The molecule has 0 saturated carbocycles. The summed E-state index contributed by atoms with van der Waals surface area (Å²) in [4.78, 5) is 23.4. The predicted molar refractivity (Wildman–Crippen MR) is 91.4 cm³/mol. The Balaban J connectivity index is 2.54. The van der Waals surface area contributed by atoms with Gasteiger partial charge in [-0.2, -0.15) is 4.31 Å². The van der Waals surface area contributed by atoms with E-state index in [1.165, 1.54) is 19.2 Å². The van der Waals surface area contributed by atoms with E-state index in [0.717, 1.165) is 9.87 Å². The molecule has 1 aromatic rings. The molecule has 1 aromatic carbocycles. The van der Waals surface area contributed by atoms with Crippen LogP contribution in [0.4, 0.5) is 0 Å². The zero-order valence-corrected chi connectivity index (χ0v) is 15.3. The molecule has 0 radical (unpaired) electrons. The average Bonchev–Trinajstić information content (AvgIpc) is 2.51. The second-order valence-corrected chi connectivity index (χ2v) is 8.15. The summed E-state index contributed by atoms with van der Waals surface area (Å²) in [6.45, 7) is 5.46. The Morgan fingerprint density at radius 2 is 1.62 bits per heavy atom. The van der Waals surface area contributed by atoms with Gasteiger partial charge >= 0.3 is 0 Å². The lowest BCUT2D eigenvalue weighted by atomic mass is 10.1. The molecule has 0 aromatic heterocycles. The van der Waals surface area contributed by atoms with Crippen LogP contribution in [0.2, 0.25) is 0 Å². The van der Waals surface area contributed by atoms with Crippen molar-refractivity contribution in [3.05, 3.63) is 29.8 Å². The van der Waals surface area contributed by atoms with Gasteiger partial charge in [0.05, 0.1) is 11.4 Å². The molecule has 0 spiro atoms. The lowest BCUT2D eigenvalue weighted by molar-refractivity contribution is -0.129. The topological polar surface area (TPSA) is 95.6 Å². The van der Waals surface area contributed by atoms with E-state index in [1.54, 1.807) is 12.1 Å². The van der Waals surface area contributed by atoms with Crippen molar-refractivity contribution in [3.63, 3.8) is 0 Å². The van der Waals surface area contributed by atoms with Gasteiger partial charge < -0.3 is 0 Å². The zero-order chi connectivity index (χ0) is 18.3. The molecule has 0 bridgehead atoms. The Kier molecular flexibility index (Phi) is 7.37. The molecule has 0 fully saturated rings. The minimum atomic E-state index is -3.75. The molecule has 24 heavy (non-hydrogen) atoms. The third-order valence-corrected chi connectivity index (χ3v) is 5.20. The summed E-state index contributed by atoms with van der Waals surface area (Å²) in [7, 11) is -2.44. The molecule has 0 aliphatic heterocycles. The van der Waals surface area contributed by atoms with Crippen molar-refractivity contribution in [2.45, 2.75) is 38.5 Å². The predicted octanol–water partition coefficient (Wildman–Crippen LogP) is 1.20. The van der Waals surface area contributed by atoms with Gasteiger partial charge in [-0.3, -0.25) is 20.4 Å². The Hall–Kier alpha value is -1.93. The summed E-state index contributed by atoms with van der Waals surface area (Å²) >= 11 is 0. The number of hydrazine groups is 1. The maximum atomic E-state index is 12.4. The molecule has 7 nitrogen and oxygen atoms in total. The van der Waals surface area contributed by atoms with E-state index in [4.69, 9.17) is 0 Å². The third-order valence-electron chi connectivity index (χ3n) is 3.39. The number of sulfonamides is 1. The lowest BCUT2D eigenvalue weighted by Gasteiger charge is -2.17. The van der Waals surface area contributed by atoms with Crippen LogP contribution in [0.1, 0.15) is 32.3 Å². The number of carbonyl (C=O) groups is 2. The number of aryl methyl sites for hydroxylation is 1. The summed E-state index contributed by atoms with van der Waals surface area (Å²) in [5, 5.41) is 0. The van der Waals surface area contributed by atoms with Crippen molar-refractivity contribution < 1.29 is 18.0 Å². The Bertz CT molecular complexity index is 669. The molecule has 1 rings (SSSR count). The monoisotopic (exact) mass is 355 g/mol. The van der Waals surface area contributed by atoms with Gasteiger partial charge in [0.1, 0.15) is 0 Å². The molecule has 0 aliphatic carbocycles. The van der Waals surface area contributed by atoms with E-state index in [9.17, 15) is 18.0 Å². The van der Waals surface area contributed by atoms with E-state index in [0.29, 0.717) is 18.8 Å². The first-order valence-corrected chi connectivity index (χ1v) is 9.17. The highest BCUT2D eigenvalue weighted by Crippen LogP contribution is 2.14. The summed E-state index contributed by atoms with van der Waals surface area (Å²) in [5.41, 5.74) is 5.45. The summed E-state index contributed by atoms with van der Waals surface area (Å²) in [6.07, 6.45) is 1.01. The van der Waals surface area contributed by atoms with Crippen LogP contribution < -0.4 is 10.9 Å². The Morgan fingerprint density at radius 3 is 2.17 bits per heavy atom. The summed E-state index contributed by atoms with van der Waals surface area (Å²) in [5.74, 6) is -0.524. The third kappa shape index (κ3) is 6.29. The van der Waals surface area contributed by atoms with Crippen LogP contribution in [0.15, 0.2) is 29.2 Å². The van der Waals surface area contributed by atoms with Crippen molar-refractivity contribution in [1.82, 2.24) is 15.2 Å². The van der Waals surface area contributed by atoms with Crippen molar-refractivity contribution in [2.24, 2.45) is 5.92 Å². The molecule has 8 heteroatoms. The van der Waals surface area contributed by atoms with Gasteiger partial charge in [-0.25, -0.2) is 8.42 Å². The van der Waals surface area contributed by atoms with Gasteiger partial charge in [0, 0.05) is 13.5 Å². The maximum absolute atomic E-state index is 12.4. The number of hydrogen-bond donors (Lipinski definition) is 2. The molecule has 0 aliphatic rings. The second kappa shape index (κ2) is 8.79. The largest absolute Gasteiger partial charge is 0.273 e. The van der Waals surface area contributed by atoms with Gasteiger partial charge in [0.25, 0.3) is 5.91 Å². The minimum Gasteiger partial charge on any atom is -0.273 e. The normalized spacial score (nSPS) is 11.6. The quantitative estimate of drug-likeness (QED) is 0.719. The molecule has 0 saturated heterocycles. The van der Waals surface area contributed by atoms with Gasteiger partial charge in [-0.1, -0.05) is 31.5 Å². The number of benzene rings is 1. The molecular formula is C16H25N3O4S. The van der Waals surface area contributed by atoms with E-state index in [2.05, 4.69) is 10.9 Å². The fourth-order valence-electron chi connectivity index (χ4n) is 1.84. The molecule has 2 N–H and O–H groups in total. The van der Waals surface area contributed by atoms with Crippen LogP contribution in [-0.4, -0.2) is 38.1 Å². The molecule has 0 heterocycles. The highest BCUT2D eigenvalue weighted by Gasteiger charge is 2.22. The highest BCUT2D eigenvalue weighted by atomic mass is 32.2. The Morgan fingerprint density at radius 1 is 1.08 bits per heavy atom. The van der Waals surface area contributed by atoms with Crippen LogP contribution in [-0.2, 0) is 19.6 Å². The number of nitrogens with zero attached hydrogens (tertiary/aromatic N) is 1. The van der Waals surface area contributed by atoms with Crippen molar-refractivity contribution in [3.8, 4) is 0 Å². The van der Waals surface area contributed by atoms with E-state index >= 15 is 0 Å². The molecule has 134 valence electrons. The lowest BCUT2D eigenvalue weighted by Crippen LogP contribution is -2.46. The van der Waals surface area contributed by atoms with Gasteiger partial charge in [0.2, 0.25) is 15.9 Å². The van der Waals surface area contributed by atoms with Gasteiger partial charge in [0.15, 0.2) is 0 Å². The summed E-state index contributed by atoms with van der Waals surface area (Å²) in [6, 6.07) is 6.37. The SMILES string of the molecule is Cc1ccc(S(=O)(=O)N(C)CC(=O)NNC(=O)CCC(C)C)cc1. The van der Waals surface area contributed by atoms with E-state index in [-0.39, 0.29) is 17.3 Å². The fourth-order valence-corrected chi connectivity index (χ4v) is 2.97. The standard InChI is InChI=1S/C16H25N3O4S/c1-12(2)5-10-15(20)17-18-16(21)11-19(4)24(22,23)14-8-6-13(3)7-9-14/h6-9,12H,5,10-11H2,1-4H3,(H,17,20)(H,18,21). The zero-order valence-electron chi connectivity index (χ0n) is 14.5. The van der Waals surface area contributed by atoms with Crippen molar-refractivity contribution in [1.29, 1.82) is 0 Å².